The van der Waals surface area contributed by atoms with Crippen LogP contribution in [0.5, 0.6) is 0 Å². The van der Waals surface area contributed by atoms with Crippen molar-refractivity contribution in [1.29, 1.82) is 0 Å². The fourth-order valence-corrected chi connectivity index (χ4v) is 3.12. The predicted molar refractivity (Wildman–Crippen MR) is 93.6 cm³/mol. The maximum atomic E-state index is 13.0. The molecule has 1 aromatic heterocycles. The monoisotopic (exact) mass is 393 g/mol. The number of pyridine rings is 1. The van der Waals surface area contributed by atoms with Crippen LogP contribution >= 0.6 is 15.9 Å². The molecule has 1 amide bonds. The maximum absolute atomic E-state index is 13.0. The van der Waals surface area contributed by atoms with Gasteiger partial charge in [0, 0.05) is 48.6 Å². The number of benzene rings is 1. The topological polar surface area (TPSA) is 45.6 Å². The van der Waals surface area contributed by atoms with Crippen molar-refractivity contribution in [3.63, 3.8) is 0 Å². The quantitative estimate of drug-likeness (QED) is 0.801. The van der Waals surface area contributed by atoms with Gasteiger partial charge in [0.05, 0.1) is 0 Å². The standard InChI is InChI=1S/C17H17BrFN3O2/c18-13-1-6-16(23)22(11-13)12-17(24)21-9-7-20(8-10-21)15-4-2-14(19)3-5-15/h1-6,11H,7-10,12H2. The molecule has 1 fully saturated rings. The third kappa shape index (κ3) is 3.84. The Balaban J connectivity index is 1.60. The van der Waals surface area contributed by atoms with E-state index in [1.54, 1.807) is 29.3 Å². The minimum Gasteiger partial charge on any atom is -0.368 e. The van der Waals surface area contributed by atoms with Gasteiger partial charge in [-0.3, -0.25) is 9.59 Å². The summed E-state index contributed by atoms with van der Waals surface area (Å²) in [6.07, 6.45) is 1.62. The number of nitrogens with zero attached hydrogens (tertiary/aromatic N) is 3. The van der Waals surface area contributed by atoms with Crippen molar-refractivity contribution in [1.82, 2.24) is 9.47 Å². The molecule has 0 N–H and O–H groups in total. The van der Waals surface area contributed by atoms with Crippen LogP contribution in [0.15, 0.2) is 51.9 Å². The SMILES string of the molecule is O=C(Cn1cc(Br)ccc1=O)N1CCN(c2ccc(F)cc2)CC1. The number of piperazine rings is 1. The first kappa shape index (κ1) is 16.7. The Morgan fingerprint density at radius 3 is 2.38 bits per heavy atom. The van der Waals surface area contributed by atoms with Crippen molar-refractivity contribution < 1.29 is 9.18 Å². The van der Waals surface area contributed by atoms with E-state index in [1.165, 1.54) is 22.8 Å². The van der Waals surface area contributed by atoms with Crippen LogP contribution in [0.1, 0.15) is 0 Å². The Bertz CT molecular complexity index is 783. The van der Waals surface area contributed by atoms with E-state index in [0.29, 0.717) is 26.2 Å². The summed E-state index contributed by atoms with van der Waals surface area (Å²) in [5.74, 6) is -0.332. The molecule has 2 heterocycles. The van der Waals surface area contributed by atoms with Crippen LogP contribution in [-0.2, 0) is 11.3 Å². The van der Waals surface area contributed by atoms with Gasteiger partial charge in [-0.15, -0.1) is 0 Å². The Labute approximate surface area is 147 Å². The predicted octanol–water partition coefficient (Wildman–Crippen LogP) is 2.10. The molecule has 3 rings (SSSR count). The number of halogens is 2. The van der Waals surface area contributed by atoms with Gasteiger partial charge < -0.3 is 14.4 Å². The minimum atomic E-state index is -0.257. The van der Waals surface area contributed by atoms with Gasteiger partial charge in [-0.25, -0.2) is 4.39 Å². The van der Waals surface area contributed by atoms with Gasteiger partial charge in [-0.1, -0.05) is 0 Å². The second-order valence-corrected chi connectivity index (χ2v) is 6.57. The first-order valence-electron chi connectivity index (χ1n) is 7.67. The number of carbonyl (C=O) groups excluding carboxylic acids is 1. The van der Waals surface area contributed by atoms with Gasteiger partial charge in [0.1, 0.15) is 12.4 Å². The van der Waals surface area contributed by atoms with Gasteiger partial charge in [-0.2, -0.15) is 0 Å². The van der Waals surface area contributed by atoms with Crippen LogP contribution < -0.4 is 10.5 Å². The molecule has 0 radical (unpaired) electrons. The summed E-state index contributed by atoms with van der Waals surface area (Å²) in [4.78, 5) is 28.1. The van der Waals surface area contributed by atoms with E-state index < -0.39 is 0 Å². The number of rotatable bonds is 3. The zero-order chi connectivity index (χ0) is 17.1. The fourth-order valence-electron chi connectivity index (χ4n) is 2.74. The van der Waals surface area contributed by atoms with E-state index in [2.05, 4.69) is 20.8 Å². The molecule has 1 aliphatic rings. The van der Waals surface area contributed by atoms with E-state index >= 15 is 0 Å². The summed E-state index contributed by atoms with van der Waals surface area (Å²) < 4.78 is 15.1. The van der Waals surface area contributed by atoms with Gasteiger partial charge in [0.15, 0.2) is 0 Å². The van der Waals surface area contributed by atoms with E-state index in [4.69, 9.17) is 0 Å². The molecule has 24 heavy (non-hydrogen) atoms. The number of hydrogen-bond donors (Lipinski definition) is 0. The molecule has 1 aliphatic heterocycles. The number of anilines is 1. The minimum absolute atomic E-state index is 0.0365. The zero-order valence-corrected chi connectivity index (χ0v) is 14.6. The van der Waals surface area contributed by atoms with Gasteiger partial charge in [-0.05, 0) is 46.3 Å². The van der Waals surface area contributed by atoms with Crippen LogP contribution in [0, 0.1) is 5.82 Å². The molecule has 0 spiro atoms. The molecule has 0 bridgehead atoms. The average Bonchev–Trinajstić information content (AvgIpc) is 2.59. The lowest BCUT2D eigenvalue weighted by Gasteiger charge is -2.36. The number of carbonyl (C=O) groups is 1. The largest absolute Gasteiger partial charge is 0.368 e. The number of hydrogen-bond acceptors (Lipinski definition) is 3. The number of aromatic nitrogens is 1. The van der Waals surface area contributed by atoms with E-state index in [1.807, 2.05) is 0 Å². The third-order valence-corrected chi connectivity index (χ3v) is 4.55. The summed E-state index contributed by atoms with van der Waals surface area (Å²) >= 11 is 3.30. The highest BCUT2D eigenvalue weighted by Crippen LogP contribution is 2.17. The highest BCUT2D eigenvalue weighted by Gasteiger charge is 2.21. The first-order chi connectivity index (χ1) is 11.5. The molecular weight excluding hydrogens is 377 g/mol. The maximum Gasteiger partial charge on any atom is 0.251 e. The second-order valence-electron chi connectivity index (χ2n) is 5.66. The Morgan fingerprint density at radius 1 is 1.04 bits per heavy atom. The van der Waals surface area contributed by atoms with Crippen molar-refractivity contribution in [2.45, 2.75) is 6.54 Å². The smallest absolute Gasteiger partial charge is 0.251 e. The van der Waals surface area contributed by atoms with E-state index in [9.17, 15) is 14.0 Å². The lowest BCUT2D eigenvalue weighted by molar-refractivity contribution is -0.132. The van der Waals surface area contributed by atoms with Crippen molar-refractivity contribution in [2.75, 3.05) is 31.1 Å². The summed E-state index contributed by atoms with van der Waals surface area (Å²) in [6.45, 7) is 2.57. The third-order valence-electron chi connectivity index (χ3n) is 4.08. The summed E-state index contributed by atoms with van der Waals surface area (Å²) in [5.41, 5.74) is 0.753. The Kier molecular flexibility index (Phi) is 4.99. The normalized spacial score (nSPS) is 14.8. The van der Waals surface area contributed by atoms with Gasteiger partial charge in [0.25, 0.3) is 5.56 Å². The molecule has 126 valence electrons. The Hall–Kier alpha value is -2.15. The molecule has 0 saturated carbocycles. The average molecular weight is 394 g/mol. The summed E-state index contributed by atoms with van der Waals surface area (Å²) in [6, 6.07) is 9.45. The zero-order valence-electron chi connectivity index (χ0n) is 13.0. The molecule has 2 aromatic rings. The van der Waals surface area contributed by atoms with E-state index in [-0.39, 0.29) is 23.8 Å². The molecular formula is C17H17BrFN3O2. The second kappa shape index (κ2) is 7.17. The van der Waals surface area contributed by atoms with Crippen molar-refractivity contribution in [3.8, 4) is 0 Å². The van der Waals surface area contributed by atoms with Crippen LogP contribution in [0.3, 0.4) is 0 Å². The molecule has 0 aliphatic carbocycles. The van der Waals surface area contributed by atoms with Crippen molar-refractivity contribution in [3.05, 3.63) is 63.2 Å². The van der Waals surface area contributed by atoms with Crippen LogP contribution in [-0.4, -0.2) is 41.6 Å². The van der Waals surface area contributed by atoms with Crippen molar-refractivity contribution >= 4 is 27.5 Å². The molecule has 1 saturated heterocycles. The molecule has 7 heteroatoms. The van der Waals surface area contributed by atoms with Gasteiger partial charge >= 0.3 is 0 Å². The highest BCUT2D eigenvalue weighted by atomic mass is 79.9. The Morgan fingerprint density at radius 2 is 1.71 bits per heavy atom. The molecule has 0 atom stereocenters. The fraction of sp³-hybridized carbons (Fsp3) is 0.294. The van der Waals surface area contributed by atoms with Crippen molar-refractivity contribution in [2.24, 2.45) is 0 Å². The number of amides is 1. The van der Waals surface area contributed by atoms with E-state index in [0.717, 1.165) is 10.2 Å². The molecule has 5 nitrogen and oxygen atoms in total. The summed E-state index contributed by atoms with van der Waals surface area (Å²) in [7, 11) is 0. The first-order valence-corrected chi connectivity index (χ1v) is 8.46. The lowest BCUT2D eigenvalue weighted by atomic mass is 10.2. The van der Waals surface area contributed by atoms with Gasteiger partial charge in [0.2, 0.25) is 5.91 Å². The van der Waals surface area contributed by atoms with Crippen LogP contribution in [0.4, 0.5) is 10.1 Å². The molecule has 0 unspecified atom stereocenters. The molecule has 1 aromatic carbocycles. The highest BCUT2D eigenvalue weighted by molar-refractivity contribution is 9.10. The van der Waals surface area contributed by atoms with Crippen LogP contribution in [0.25, 0.3) is 0 Å². The lowest BCUT2D eigenvalue weighted by Crippen LogP contribution is -2.50. The summed E-state index contributed by atoms with van der Waals surface area (Å²) in [5, 5.41) is 0. The van der Waals surface area contributed by atoms with Crippen LogP contribution in [0.2, 0.25) is 0 Å².